The van der Waals surface area contributed by atoms with E-state index < -0.39 is 23.0 Å². The Morgan fingerprint density at radius 1 is 1.11 bits per heavy atom. The number of rotatable bonds is 6. The van der Waals surface area contributed by atoms with E-state index in [1.807, 2.05) is 0 Å². The second-order valence-corrected chi connectivity index (χ2v) is 6.71. The van der Waals surface area contributed by atoms with Crippen LogP contribution < -0.4 is 16.0 Å². The molecule has 3 aromatic rings. The third kappa shape index (κ3) is 4.26. The first-order valence-corrected chi connectivity index (χ1v) is 8.98. The van der Waals surface area contributed by atoms with Crippen molar-refractivity contribution in [2.45, 2.75) is 19.7 Å². The lowest BCUT2D eigenvalue weighted by molar-refractivity contribution is 0.283. The number of nitrogens with two attached hydrogens (primary N) is 1. The normalized spacial score (nSPS) is 10.9. The van der Waals surface area contributed by atoms with E-state index in [1.165, 1.54) is 17.0 Å². The van der Waals surface area contributed by atoms with Gasteiger partial charge < -0.3 is 10.5 Å². The summed E-state index contributed by atoms with van der Waals surface area (Å²) in [5.74, 6) is -1.99. The van der Waals surface area contributed by atoms with Crippen molar-refractivity contribution in [3.8, 4) is 5.88 Å². The lowest BCUT2D eigenvalue weighted by Gasteiger charge is -2.12. The van der Waals surface area contributed by atoms with Crippen LogP contribution in [0.3, 0.4) is 0 Å². The number of aromatic nitrogens is 2. The van der Waals surface area contributed by atoms with E-state index in [9.17, 15) is 18.0 Å². The molecule has 0 saturated heterocycles. The average Bonchev–Trinajstić information content (AvgIpc) is 2.67. The zero-order valence-electron chi connectivity index (χ0n) is 14.5. The van der Waals surface area contributed by atoms with E-state index in [2.05, 4.69) is 20.9 Å². The van der Waals surface area contributed by atoms with E-state index in [4.69, 9.17) is 10.5 Å². The van der Waals surface area contributed by atoms with Crippen molar-refractivity contribution in [3.05, 3.63) is 91.7 Å². The van der Waals surface area contributed by atoms with Crippen LogP contribution in [0.25, 0.3) is 0 Å². The highest BCUT2D eigenvalue weighted by Crippen LogP contribution is 2.20. The number of hydrogen-bond acceptors (Lipinski definition) is 4. The fraction of sp³-hybridized carbons (Fsp3) is 0.158. The topological polar surface area (TPSA) is 70.1 Å². The molecular formula is C19H15BrF3N3O2. The molecule has 0 aliphatic rings. The predicted octanol–water partition coefficient (Wildman–Crippen LogP) is 3.51. The first kappa shape index (κ1) is 20.1. The summed E-state index contributed by atoms with van der Waals surface area (Å²) in [6, 6.07) is 7.86. The first-order valence-electron chi connectivity index (χ1n) is 8.18. The van der Waals surface area contributed by atoms with Gasteiger partial charge in [-0.05, 0) is 28.1 Å². The van der Waals surface area contributed by atoms with E-state index in [1.54, 1.807) is 18.2 Å². The Bertz CT molecular complexity index is 1070. The summed E-state index contributed by atoms with van der Waals surface area (Å²) in [4.78, 5) is 16.5. The molecule has 0 aliphatic heterocycles. The Balaban J connectivity index is 1.80. The molecule has 0 fully saturated rings. The van der Waals surface area contributed by atoms with Crippen LogP contribution in [0, 0.1) is 17.5 Å². The SMILES string of the molecule is NCc1cccc(Cn2cnc(OCc3ccc(F)cc3F)c(Br)c2=O)c1F. The van der Waals surface area contributed by atoms with Gasteiger partial charge in [0.1, 0.15) is 34.9 Å². The Morgan fingerprint density at radius 3 is 2.57 bits per heavy atom. The summed E-state index contributed by atoms with van der Waals surface area (Å²) in [7, 11) is 0. The molecule has 5 nitrogen and oxygen atoms in total. The molecule has 0 unspecified atom stereocenters. The molecular weight excluding hydrogens is 439 g/mol. The van der Waals surface area contributed by atoms with Gasteiger partial charge >= 0.3 is 0 Å². The molecule has 2 N–H and O–H groups in total. The number of benzene rings is 2. The van der Waals surface area contributed by atoms with Crippen molar-refractivity contribution in [2.75, 3.05) is 0 Å². The summed E-state index contributed by atoms with van der Waals surface area (Å²) in [6.45, 7) is -0.242. The van der Waals surface area contributed by atoms with E-state index in [-0.39, 0.29) is 35.6 Å². The molecule has 0 amide bonds. The van der Waals surface area contributed by atoms with Crippen LogP contribution in [0.2, 0.25) is 0 Å². The maximum atomic E-state index is 14.3. The standard InChI is InChI=1S/C19H15BrF3N3O2/c20-16-18(28-9-13-4-5-14(21)6-15(13)22)25-10-26(19(16)27)8-12-3-1-2-11(7-24)17(12)23/h1-6,10H,7-9,24H2. The van der Waals surface area contributed by atoms with Gasteiger partial charge in [0.15, 0.2) is 0 Å². The van der Waals surface area contributed by atoms with Crippen LogP contribution in [-0.2, 0) is 19.7 Å². The molecule has 9 heteroatoms. The molecule has 146 valence electrons. The highest BCUT2D eigenvalue weighted by atomic mass is 79.9. The van der Waals surface area contributed by atoms with Crippen LogP contribution in [0.1, 0.15) is 16.7 Å². The maximum absolute atomic E-state index is 14.3. The number of nitrogens with zero attached hydrogens (tertiary/aromatic N) is 2. The third-order valence-electron chi connectivity index (χ3n) is 4.05. The molecule has 3 rings (SSSR count). The van der Waals surface area contributed by atoms with Crippen molar-refractivity contribution in [1.29, 1.82) is 0 Å². The van der Waals surface area contributed by atoms with E-state index in [0.29, 0.717) is 11.1 Å². The summed E-state index contributed by atoms with van der Waals surface area (Å²) < 4.78 is 47.5. The van der Waals surface area contributed by atoms with Crippen LogP contribution in [0.4, 0.5) is 13.2 Å². The van der Waals surface area contributed by atoms with Gasteiger partial charge in [0, 0.05) is 29.3 Å². The van der Waals surface area contributed by atoms with Gasteiger partial charge in [0.05, 0.1) is 6.54 Å². The van der Waals surface area contributed by atoms with Crippen LogP contribution in [-0.4, -0.2) is 9.55 Å². The molecule has 1 heterocycles. The predicted molar refractivity (Wildman–Crippen MR) is 100 cm³/mol. The van der Waals surface area contributed by atoms with Crippen molar-refractivity contribution < 1.29 is 17.9 Å². The average molecular weight is 454 g/mol. The Kier molecular flexibility index (Phi) is 6.15. The summed E-state index contributed by atoms with van der Waals surface area (Å²) >= 11 is 3.11. The minimum absolute atomic E-state index is 0.00732. The summed E-state index contributed by atoms with van der Waals surface area (Å²) in [5.41, 5.74) is 5.75. The highest BCUT2D eigenvalue weighted by Gasteiger charge is 2.14. The molecule has 0 saturated carbocycles. The fourth-order valence-corrected chi connectivity index (χ4v) is 2.99. The fourth-order valence-electron chi connectivity index (χ4n) is 2.54. The lowest BCUT2D eigenvalue weighted by atomic mass is 10.1. The second-order valence-electron chi connectivity index (χ2n) is 5.92. The van der Waals surface area contributed by atoms with Gasteiger partial charge in [-0.1, -0.05) is 18.2 Å². The highest BCUT2D eigenvalue weighted by molar-refractivity contribution is 9.10. The smallest absolute Gasteiger partial charge is 0.271 e. The van der Waals surface area contributed by atoms with Gasteiger partial charge in [-0.3, -0.25) is 9.36 Å². The molecule has 2 aromatic carbocycles. The van der Waals surface area contributed by atoms with E-state index in [0.717, 1.165) is 12.1 Å². The molecule has 0 aliphatic carbocycles. The Morgan fingerprint density at radius 2 is 1.86 bits per heavy atom. The van der Waals surface area contributed by atoms with Crippen LogP contribution in [0.15, 0.2) is 52.0 Å². The molecule has 1 aromatic heterocycles. The molecule has 28 heavy (non-hydrogen) atoms. The minimum Gasteiger partial charge on any atom is -0.472 e. The van der Waals surface area contributed by atoms with Crippen LogP contribution >= 0.6 is 15.9 Å². The van der Waals surface area contributed by atoms with Gasteiger partial charge in [-0.2, -0.15) is 0 Å². The minimum atomic E-state index is -0.764. The molecule has 0 spiro atoms. The number of halogens is 4. The first-order chi connectivity index (χ1) is 13.4. The summed E-state index contributed by atoms with van der Waals surface area (Å²) in [6.07, 6.45) is 1.21. The Labute approximate surface area is 166 Å². The van der Waals surface area contributed by atoms with Gasteiger partial charge in [0.2, 0.25) is 5.88 Å². The lowest BCUT2D eigenvalue weighted by Crippen LogP contribution is -2.23. The maximum Gasteiger partial charge on any atom is 0.271 e. The van der Waals surface area contributed by atoms with Crippen molar-refractivity contribution >= 4 is 15.9 Å². The number of ether oxygens (including phenoxy) is 1. The van der Waals surface area contributed by atoms with Gasteiger partial charge in [0.25, 0.3) is 5.56 Å². The van der Waals surface area contributed by atoms with E-state index >= 15 is 0 Å². The third-order valence-corrected chi connectivity index (χ3v) is 4.73. The van der Waals surface area contributed by atoms with Crippen molar-refractivity contribution in [1.82, 2.24) is 9.55 Å². The van der Waals surface area contributed by atoms with Gasteiger partial charge in [-0.25, -0.2) is 18.2 Å². The largest absolute Gasteiger partial charge is 0.472 e. The Hall–Kier alpha value is -2.65. The molecule has 0 atom stereocenters. The summed E-state index contributed by atoms with van der Waals surface area (Å²) in [5, 5.41) is 0. The van der Waals surface area contributed by atoms with Crippen molar-refractivity contribution in [2.24, 2.45) is 5.73 Å². The zero-order valence-corrected chi connectivity index (χ0v) is 16.0. The van der Waals surface area contributed by atoms with Crippen LogP contribution in [0.5, 0.6) is 5.88 Å². The van der Waals surface area contributed by atoms with Crippen molar-refractivity contribution in [3.63, 3.8) is 0 Å². The second kappa shape index (κ2) is 8.57. The quantitative estimate of drug-likeness (QED) is 0.619. The molecule has 0 radical (unpaired) electrons. The molecule has 0 bridgehead atoms. The monoisotopic (exact) mass is 453 g/mol. The zero-order chi connectivity index (χ0) is 20.3. The van der Waals surface area contributed by atoms with Gasteiger partial charge in [-0.15, -0.1) is 0 Å². The number of hydrogen-bond donors (Lipinski definition) is 1.